The Morgan fingerprint density at radius 2 is 1.97 bits per heavy atom. The molecule has 0 saturated heterocycles. The number of rotatable bonds is 8. The zero-order valence-corrected chi connectivity index (χ0v) is 17.6. The molecule has 3 heterocycles. The molecule has 4 rings (SSSR count). The molecule has 0 bridgehead atoms. The molecule has 160 valence electrons. The van der Waals surface area contributed by atoms with Crippen LogP contribution in [0, 0.1) is 0 Å². The lowest BCUT2D eigenvalue weighted by Gasteiger charge is -2.30. The maximum atomic E-state index is 12.6. The van der Waals surface area contributed by atoms with Gasteiger partial charge in [-0.3, -0.25) is 19.7 Å². The summed E-state index contributed by atoms with van der Waals surface area (Å²) in [4.78, 5) is 23.3. The molecule has 6 nitrogen and oxygen atoms in total. The Balaban J connectivity index is 1.25. The van der Waals surface area contributed by atoms with Crippen LogP contribution in [0.15, 0.2) is 67.1 Å². The van der Waals surface area contributed by atoms with Gasteiger partial charge in [-0.05, 0) is 54.2 Å². The highest BCUT2D eigenvalue weighted by atomic mass is 16.3. The van der Waals surface area contributed by atoms with Gasteiger partial charge in [0, 0.05) is 56.0 Å². The average Bonchev–Trinajstić information content (AvgIpc) is 2.82. The van der Waals surface area contributed by atoms with Crippen LogP contribution in [0.2, 0.25) is 0 Å². The number of fused-ring (bicyclic) bond motifs is 1. The number of aliphatic hydroxyl groups excluding tert-OH is 1. The number of aryl methyl sites for hydroxylation is 2. The molecule has 1 aromatic carbocycles. The van der Waals surface area contributed by atoms with E-state index in [0.29, 0.717) is 12.1 Å². The molecule has 6 heteroatoms. The van der Waals surface area contributed by atoms with E-state index in [1.165, 1.54) is 11.1 Å². The summed E-state index contributed by atoms with van der Waals surface area (Å²) < 4.78 is 0. The standard InChI is InChI=1S/C25H28N4O2/c30-24(18-29-13-10-20-5-1-2-6-22(20)17-29)16-28-25(31)21-9-12-27-23(14-21)8-7-19-4-3-11-26-15-19/h1-6,9,11-12,14-15,24,30H,7-8,10,13,16-18H2,(H,28,31)/t24-/m0/s1. The molecule has 31 heavy (non-hydrogen) atoms. The average molecular weight is 417 g/mol. The lowest BCUT2D eigenvalue weighted by atomic mass is 10.00. The second kappa shape index (κ2) is 10.3. The summed E-state index contributed by atoms with van der Waals surface area (Å²) in [7, 11) is 0. The number of nitrogens with one attached hydrogen (secondary N) is 1. The zero-order chi connectivity index (χ0) is 21.5. The molecule has 1 amide bonds. The van der Waals surface area contributed by atoms with Crippen LogP contribution in [-0.4, -0.2) is 51.6 Å². The van der Waals surface area contributed by atoms with E-state index in [4.69, 9.17) is 0 Å². The van der Waals surface area contributed by atoms with Crippen molar-refractivity contribution in [2.75, 3.05) is 19.6 Å². The fourth-order valence-electron chi connectivity index (χ4n) is 3.96. The summed E-state index contributed by atoms with van der Waals surface area (Å²) in [5.74, 6) is -0.187. The second-order valence-electron chi connectivity index (χ2n) is 8.01. The Morgan fingerprint density at radius 3 is 2.81 bits per heavy atom. The number of aromatic nitrogens is 2. The summed E-state index contributed by atoms with van der Waals surface area (Å²) >= 11 is 0. The van der Waals surface area contributed by atoms with Crippen molar-refractivity contribution in [2.45, 2.75) is 31.9 Å². The van der Waals surface area contributed by atoms with Crippen molar-refractivity contribution < 1.29 is 9.90 Å². The van der Waals surface area contributed by atoms with Crippen LogP contribution in [0.4, 0.5) is 0 Å². The first-order valence-electron chi connectivity index (χ1n) is 10.8. The summed E-state index contributed by atoms with van der Waals surface area (Å²) in [6.07, 6.45) is 7.21. The minimum Gasteiger partial charge on any atom is -0.390 e. The van der Waals surface area contributed by atoms with Crippen molar-refractivity contribution in [3.8, 4) is 0 Å². The Kier molecular flexibility index (Phi) is 7.02. The van der Waals surface area contributed by atoms with Gasteiger partial charge in [-0.25, -0.2) is 0 Å². The van der Waals surface area contributed by atoms with Crippen LogP contribution >= 0.6 is 0 Å². The molecule has 0 radical (unpaired) electrons. The molecule has 0 fully saturated rings. The molecule has 1 aliphatic rings. The topological polar surface area (TPSA) is 78.4 Å². The Bertz CT molecular complexity index is 1010. The fourth-order valence-corrected chi connectivity index (χ4v) is 3.96. The minimum absolute atomic E-state index is 0.187. The van der Waals surface area contributed by atoms with Crippen molar-refractivity contribution in [3.05, 3.63) is 95.1 Å². The summed E-state index contributed by atoms with van der Waals surface area (Å²) in [5, 5.41) is 13.3. The molecular formula is C25H28N4O2. The molecular weight excluding hydrogens is 388 g/mol. The van der Waals surface area contributed by atoms with E-state index in [2.05, 4.69) is 44.5 Å². The highest BCUT2D eigenvalue weighted by molar-refractivity contribution is 5.94. The number of nitrogens with zero attached hydrogens (tertiary/aromatic N) is 3. The summed E-state index contributed by atoms with van der Waals surface area (Å²) in [6.45, 7) is 2.53. The van der Waals surface area contributed by atoms with Crippen LogP contribution < -0.4 is 5.32 Å². The highest BCUT2D eigenvalue weighted by Gasteiger charge is 2.19. The number of hydrogen-bond acceptors (Lipinski definition) is 5. The third kappa shape index (κ3) is 5.96. The Morgan fingerprint density at radius 1 is 1.10 bits per heavy atom. The number of β-amino-alcohol motifs (C(OH)–C–C–N with tert-alkyl or cyclic N) is 1. The quantitative estimate of drug-likeness (QED) is 0.590. The summed E-state index contributed by atoms with van der Waals surface area (Å²) in [5.41, 5.74) is 5.28. The normalized spacial score (nSPS) is 14.6. The molecule has 2 N–H and O–H groups in total. The zero-order valence-electron chi connectivity index (χ0n) is 17.6. The highest BCUT2D eigenvalue weighted by Crippen LogP contribution is 2.18. The van der Waals surface area contributed by atoms with Crippen LogP contribution in [0.5, 0.6) is 0 Å². The van der Waals surface area contributed by atoms with Crippen molar-refractivity contribution >= 4 is 5.91 Å². The number of hydrogen-bond donors (Lipinski definition) is 2. The molecule has 0 aliphatic carbocycles. The van der Waals surface area contributed by atoms with Crippen molar-refractivity contribution in [2.24, 2.45) is 0 Å². The number of amides is 1. The third-order valence-electron chi connectivity index (χ3n) is 5.65. The van der Waals surface area contributed by atoms with E-state index in [1.807, 2.05) is 24.4 Å². The van der Waals surface area contributed by atoms with Crippen LogP contribution in [0.3, 0.4) is 0 Å². The third-order valence-corrected chi connectivity index (χ3v) is 5.65. The van der Waals surface area contributed by atoms with Crippen LogP contribution in [-0.2, 0) is 25.8 Å². The predicted molar refractivity (Wildman–Crippen MR) is 120 cm³/mol. The second-order valence-corrected chi connectivity index (χ2v) is 8.01. The number of pyridine rings is 2. The van der Waals surface area contributed by atoms with Gasteiger partial charge in [-0.1, -0.05) is 30.3 Å². The number of benzene rings is 1. The van der Waals surface area contributed by atoms with E-state index in [0.717, 1.165) is 43.6 Å². The molecule has 0 saturated carbocycles. The molecule has 3 aromatic rings. The molecule has 1 atom stereocenters. The van der Waals surface area contributed by atoms with Gasteiger partial charge in [-0.2, -0.15) is 0 Å². The fraction of sp³-hybridized carbons (Fsp3) is 0.320. The smallest absolute Gasteiger partial charge is 0.251 e. The maximum Gasteiger partial charge on any atom is 0.251 e. The molecule has 2 aromatic heterocycles. The first-order valence-corrected chi connectivity index (χ1v) is 10.8. The first-order chi connectivity index (χ1) is 15.2. The van der Waals surface area contributed by atoms with E-state index in [-0.39, 0.29) is 12.5 Å². The SMILES string of the molecule is O=C(NC[C@H](O)CN1CCc2ccccc2C1)c1ccnc(CCc2cccnc2)c1. The predicted octanol–water partition coefficient (Wildman–Crippen LogP) is 2.41. The largest absolute Gasteiger partial charge is 0.390 e. The monoisotopic (exact) mass is 416 g/mol. The van der Waals surface area contributed by atoms with Gasteiger partial charge in [0.05, 0.1) is 6.10 Å². The Labute approximate surface area is 183 Å². The lowest BCUT2D eigenvalue weighted by Crippen LogP contribution is -2.42. The van der Waals surface area contributed by atoms with Crippen LogP contribution in [0.1, 0.15) is 32.7 Å². The van der Waals surface area contributed by atoms with Gasteiger partial charge in [0.25, 0.3) is 5.91 Å². The van der Waals surface area contributed by atoms with Crippen LogP contribution in [0.25, 0.3) is 0 Å². The summed E-state index contributed by atoms with van der Waals surface area (Å²) in [6, 6.07) is 15.9. The van der Waals surface area contributed by atoms with Gasteiger partial charge < -0.3 is 10.4 Å². The molecule has 0 unspecified atom stereocenters. The van der Waals surface area contributed by atoms with E-state index in [1.54, 1.807) is 18.5 Å². The van der Waals surface area contributed by atoms with Crippen molar-refractivity contribution in [3.63, 3.8) is 0 Å². The number of aliphatic hydroxyl groups is 1. The van der Waals surface area contributed by atoms with E-state index < -0.39 is 6.10 Å². The van der Waals surface area contributed by atoms with Gasteiger partial charge >= 0.3 is 0 Å². The van der Waals surface area contributed by atoms with Crippen molar-refractivity contribution in [1.82, 2.24) is 20.2 Å². The molecule has 1 aliphatic heterocycles. The minimum atomic E-state index is -0.610. The van der Waals surface area contributed by atoms with Gasteiger partial charge in [0.2, 0.25) is 0 Å². The number of carbonyl (C=O) groups excluding carboxylic acids is 1. The Hall–Kier alpha value is -3.09. The van der Waals surface area contributed by atoms with Gasteiger partial charge in [-0.15, -0.1) is 0 Å². The van der Waals surface area contributed by atoms with E-state index >= 15 is 0 Å². The first kappa shape index (κ1) is 21.2. The number of carbonyl (C=O) groups is 1. The lowest BCUT2D eigenvalue weighted by molar-refractivity contribution is 0.0841. The van der Waals surface area contributed by atoms with Crippen molar-refractivity contribution in [1.29, 1.82) is 0 Å². The van der Waals surface area contributed by atoms with Gasteiger partial charge in [0.15, 0.2) is 0 Å². The van der Waals surface area contributed by atoms with Gasteiger partial charge in [0.1, 0.15) is 0 Å². The van der Waals surface area contributed by atoms with E-state index in [9.17, 15) is 9.90 Å². The maximum absolute atomic E-state index is 12.6. The molecule has 0 spiro atoms.